The lowest BCUT2D eigenvalue weighted by atomic mass is 10.2. The Morgan fingerprint density at radius 1 is 1.20 bits per heavy atom. The molecule has 0 amide bonds. The minimum atomic E-state index is -0.297. The minimum absolute atomic E-state index is 0.297. The summed E-state index contributed by atoms with van der Waals surface area (Å²) in [5.41, 5.74) is 3.50. The van der Waals surface area contributed by atoms with Gasteiger partial charge in [0.15, 0.2) is 0 Å². The van der Waals surface area contributed by atoms with E-state index in [0.29, 0.717) is 9.99 Å². The van der Waals surface area contributed by atoms with Crippen LogP contribution in [0.5, 0.6) is 0 Å². The zero-order valence-electron chi connectivity index (χ0n) is 11.1. The summed E-state index contributed by atoms with van der Waals surface area (Å²) >= 11 is 3.18. The lowest BCUT2D eigenvalue weighted by molar-refractivity contribution is 0.623. The second kappa shape index (κ2) is 4.90. The van der Waals surface area contributed by atoms with Gasteiger partial charge in [-0.05, 0) is 34.1 Å². The van der Waals surface area contributed by atoms with Crippen molar-refractivity contribution >= 4 is 32.7 Å². The molecule has 3 aromatic rings. The molecule has 0 fully saturated rings. The van der Waals surface area contributed by atoms with E-state index in [1.807, 2.05) is 43.3 Å². The Balaban J connectivity index is 2.12. The first-order valence-corrected chi connectivity index (χ1v) is 6.96. The number of anilines is 1. The van der Waals surface area contributed by atoms with Gasteiger partial charge in [-0.2, -0.15) is 0 Å². The molecule has 1 heterocycles. The summed E-state index contributed by atoms with van der Waals surface area (Å²) in [6, 6.07) is 11.2. The molecule has 1 aromatic heterocycles. The van der Waals surface area contributed by atoms with Crippen molar-refractivity contribution in [3.63, 3.8) is 0 Å². The second-order valence-electron chi connectivity index (χ2n) is 4.81. The summed E-state index contributed by atoms with van der Waals surface area (Å²) in [7, 11) is 3.98. The molecule has 0 aliphatic carbocycles. The maximum absolute atomic E-state index is 13.5. The van der Waals surface area contributed by atoms with Crippen molar-refractivity contribution in [3.05, 3.63) is 46.7 Å². The summed E-state index contributed by atoms with van der Waals surface area (Å²) in [6.45, 7) is 0. The highest BCUT2D eigenvalue weighted by atomic mass is 79.9. The zero-order valence-corrected chi connectivity index (χ0v) is 12.7. The van der Waals surface area contributed by atoms with E-state index < -0.39 is 0 Å². The number of benzene rings is 2. The van der Waals surface area contributed by atoms with Gasteiger partial charge < -0.3 is 9.88 Å². The van der Waals surface area contributed by atoms with E-state index in [0.717, 1.165) is 22.6 Å². The molecular weight excluding hydrogens is 321 g/mol. The molecule has 0 aliphatic heterocycles. The molecule has 5 heteroatoms. The van der Waals surface area contributed by atoms with Crippen molar-refractivity contribution in [3.8, 4) is 11.4 Å². The number of aromatic nitrogens is 2. The Hall–Kier alpha value is -1.88. The van der Waals surface area contributed by atoms with Crippen LogP contribution < -0.4 is 4.90 Å². The first kappa shape index (κ1) is 13.1. The average molecular weight is 334 g/mol. The Labute approximate surface area is 124 Å². The summed E-state index contributed by atoms with van der Waals surface area (Å²) in [6.07, 6.45) is 0. The van der Waals surface area contributed by atoms with E-state index in [2.05, 4.69) is 25.9 Å². The average Bonchev–Trinajstić information content (AvgIpc) is 2.82. The summed E-state index contributed by atoms with van der Waals surface area (Å²) < 4.78 is 14.0. The summed E-state index contributed by atoms with van der Waals surface area (Å²) in [5.74, 6) is 0.441. The largest absolute Gasteiger partial charge is 0.378 e. The van der Waals surface area contributed by atoms with Crippen LogP contribution >= 0.6 is 15.9 Å². The van der Waals surface area contributed by atoms with E-state index in [-0.39, 0.29) is 5.82 Å². The molecule has 0 unspecified atom stereocenters. The van der Waals surface area contributed by atoms with Gasteiger partial charge in [-0.1, -0.05) is 12.1 Å². The normalized spacial score (nSPS) is 11.0. The molecule has 20 heavy (non-hydrogen) atoms. The van der Waals surface area contributed by atoms with Gasteiger partial charge in [-0.25, -0.2) is 9.37 Å². The number of hydrogen-bond acceptors (Lipinski definition) is 2. The molecule has 0 aliphatic rings. The third-order valence-electron chi connectivity index (χ3n) is 3.16. The van der Waals surface area contributed by atoms with E-state index in [4.69, 9.17) is 0 Å². The third kappa shape index (κ3) is 2.29. The van der Waals surface area contributed by atoms with Crippen LogP contribution in [0.1, 0.15) is 0 Å². The zero-order chi connectivity index (χ0) is 14.3. The van der Waals surface area contributed by atoms with Gasteiger partial charge in [0.1, 0.15) is 11.6 Å². The van der Waals surface area contributed by atoms with Gasteiger partial charge in [0, 0.05) is 31.4 Å². The number of nitrogens with zero attached hydrogens (tertiary/aromatic N) is 2. The number of H-pyrrole nitrogens is 1. The number of rotatable bonds is 2. The highest BCUT2D eigenvalue weighted by Crippen LogP contribution is 2.27. The van der Waals surface area contributed by atoms with Crippen LogP contribution in [0.4, 0.5) is 10.1 Å². The fourth-order valence-corrected chi connectivity index (χ4v) is 2.40. The van der Waals surface area contributed by atoms with Gasteiger partial charge in [-0.15, -0.1) is 0 Å². The Bertz CT molecular complexity index is 741. The predicted molar refractivity (Wildman–Crippen MR) is 83.5 cm³/mol. The smallest absolute Gasteiger partial charge is 0.139 e. The molecule has 0 spiro atoms. The first-order chi connectivity index (χ1) is 9.54. The minimum Gasteiger partial charge on any atom is -0.378 e. The van der Waals surface area contributed by atoms with Crippen molar-refractivity contribution < 1.29 is 4.39 Å². The van der Waals surface area contributed by atoms with Crippen molar-refractivity contribution in [1.29, 1.82) is 0 Å². The van der Waals surface area contributed by atoms with E-state index in [1.165, 1.54) is 6.07 Å². The number of nitrogens with one attached hydrogen (secondary N) is 1. The molecule has 0 atom stereocenters. The van der Waals surface area contributed by atoms with Gasteiger partial charge in [0.25, 0.3) is 0 Å². The molecular formula is C15H13BrFN3. The van der Waals surface area contributed by atoms with Crippen LogP contribution in [0.25, 0.3) is 22.4 Å². The van der Waals surface area contributed by atoms with E-state index in [1.54, 1.807) is 6.07 Å². The Kier molecular flexibility index (Phi) is 3.22. The number of aromatic amines is 1. The van der Waals surface area contributed by atoms with Crippen LogP contribution in [0.2, 0.25) is 0 Å². The van der Waals surface area contributed by atoms with Crippen molar-refractivity contribution in [2.45, 2.75) is 0 Å². The van der Waals surface area contributed by atoms with Crippen molar-refractivity contribution in [1.82, 2.24) is 9.97 Å². The summed E-state index contributed by atoms with van der Waals surface area (Å²) in [5, 5.41) is 0. The Morgan fingerprint density at radius 2 is 2.00 bits per heavy atom. The van der Waals surface area contributed by atoms with Crippen LogP contribution in [0.15, 0.2) is 40.9 Å². The van der Waals surface area contributed by atoms with Crippen LogP contribution in [0.3, 0.4) is 0 Å². The van der Waals surface area contributed by atoms with Crippen LogP contribution in [-0.4, -0.2) is 24.1 Å². The third-order valence-corrected chi connectivity index (χ3v) is 3.77. The fraction of sp³-hybridized carbons (Fsp3) is 0.133. The molecule has 2 aromatic carbocycles. The van der Waals surface area contributed by atoms with Gasteiger partial charge >= 0.3 is 0 Å². The molecule has 1 N–H and O–H groups in total. The maximum Gasteiger partial charge on any atom is 0.139 e. The predicted octanol–water partition coefficient (Wildman–Crippen LogP) is 4.20. The van der Waals surface area contributed by atoms with Crippen molar-refractivity contribution in [2.24, 2.45) is 0 Å². The van der Waals surface area contributed by atoms with Gasteiger partial charge in [0.05, 0.1) is 15.5 Å². The van der Waals surface area contributed by atoms with E-state index in [9.17, 15) is 4.39 Å². The topological polar surface area (TPSA) is 31.9 Å². The first-order valence-electron chi connectivity index (χ1n) is 6.17. The quantitative estimate of drug-likeness (QED) is 0.762. The molecule has 0 bridgehead atoms. The lowest BCUT2D eigenvalue weighted by Crippen LogP contribution is -2.08. The molecule has 102 valence electrons. The molecule has 3 nitrogen and oxygen atoms in total. The van der Waals surface area contributed by atoms with Crippen LogP contribution in [-0.2, 0) is 0 Å². The lowest BCUT2D eigenvalue weighted by Gasteiger charge is -2.12. The van der Waals surface area contributed by atoms with Crippen molar-refractivity contribution in [2.75, 3.05) is 19.0 Å². The standard InChI is InChI=1S/C15H13BrFN3/c1-20(2)10-5-3-4-9(6-10)15-18-13-7-11(16)12(17)8-14(13)19-15/h3-8H,1-2H3,(H,18,19). The number of hydrogen-bond donors (Lipinski definition) is 1. The summed E-state index contributed by atoms with van der Waals surface area (Å²) in [4.78, 5) is 9.70. The molecule has 0 radical (unpaired) electrons. The van der Waals surface area contributed by atoms with Gasteiger partial charge in [-0.3, -0.25) is 0 Å². The van der Waals surface area contributed by atoms with E-state index >= 15 is 0 Å². The van der Waals surface area contributed by atoms with Gasteiger partial charge in [0.2, 0.25) is 0 Å². The fourth-order valence-electron chi connectivity index (χ4n) is 2.07. The molecule has 3 rings (SSSR count). The maximum atomic E-state index is 13.5. The number of fused-ring (bicyclic) bond motifs is 1. The molecule has 0 saturated heterocycles. The highest BCUT2D eigenvalue weighted by Gasteiger charge is 2.09. The SMILES string of the molecule is CN(C)c1cccc(-c2nc3cc(Br)c(F)cc3[nH]2)c1. The second-order valence-corrected chi connectivity index (χ2v) is 5.67. The number of imidazole rings is 1. The number of halogens is 2. The Morgan fingerprint density at radius 3 is 2.75 bits per heavy atom. The molecule has 0 saturated carbocycles. The monoisotopic (exact) mass is 333 g/mol. The van der Waals surface area contributed by atoms with Crippen LogP contribution in [0, 0.1) is 5.82 Å². The highest BCUT2D eigenvalue weighted by molar-refractivity contribution is 9.10.